The molecule has 5 unspecified atom stereocenters. The van der Waals surface area contributed by atoms with Gasteiger partial charge in [0.15, 0.2) is 12.5 Å². The van der Waals surface area contributed by atoms with E-state index in [4.69, 9.17) is 18.9 Å². The molecule has 2 aliphatic heterocycles. The second-order valence-electron chi connectivity index (χ2n) is 7.53. The fourth-order valence-corrected chi connectivity index (χ4v) is 2.89. The molecule has 5 atom stereocenters. The van der Waals surface area contributed by atoms with Gasteiger partial charge < -0.3 is 18.9 Å². The highest BCUT2D eigenvalue weighted by Gasteiger charge is 2.44. The second-order valence-corrected chi connectivity index (χ2v) is 7.53. The minimum atomic E-state index is -1.43. The summed E-state index contributed by atoms with van der Waals surface area (Å²) in [6.45, 7) is 5.60. The molecule has 0 aromatic heterocycles. The van der Waals surface area contributed by atoms with Gasteiger partial charge >= 0.3 is 5.97 Å². The van der Waals surface area contributed by atoms with Crippen LogP contribution in [0.2, 0.25) is 0 Å². The standard InChI is InChI=1S/C19H25FO5/c1-19(2,3)18(21)25-17-13(20)11-15-14(23-17)9-10-22-16(24-15)12-7-5-4-6-8-12/h4-8,13-17H,9-11H2,1-3H3. The monoisotopic (exact) mass is 352 g/mol. The highest BCUT2D eigenvalue weighted by molar-refractivity contribution is 5.75. The van der Waals surface area contributed by atoms with Gasteiger partial charge in [-0.1, -0.05) is 30.3 Å². The molecule has 25 heavy (non-hydrogen) atoms. The lowest BCUT2D eigenvalue weighted by Gasteiger charge is -2.37. The quantitative estimate of drug-likeness (QED) is 0.762. The first-order valence-electron chi connectivity index (χ1n) is 8.67. The predicted molar refractivity (Wildman–Crippen MR) is 88.3 cm³/mol. The number of hydrogen-bond acceptors (Lipinski definition) is 5. The third-order valence-corrected chi connectivity index (χ3v) is 4.35. The van der Waals surface area contributed by atoms with E-state index in [-0.39, 0.29) is 12.5 Å². The fraction of sp³-hybridized carbons (Fsp3) is 0.632. The normalized spacial score (nSPS) is 33.2. The molecule has 2 heterocycles. The van der Waals surface area contributed by atoms with Gasteiger partial charge in [0, 0.05) is 12.0 Å². The van der Waals surface area contributed by atoms with Crippen molar-refractivity contribution >= 4 is 5.97 Å². The smallest absolute Gasteiger partial charge is 0.313 e. The van der Waals surface area contributed by atoms with E-state index in [9.17, 15) is 9.18 Å². The van der Waals surface area contributed by atoms with E-state index >= 15 is 0 Å². The first-order chi connectivity index (χ1) is 11.8. The maximum Gasteiger partial charge on any atom is 0.313 e. The lowest BCUT2D eigenvalue weighted by molar-refractivity contribution is -0.265. The fourth-order valence-electron chi connectivity index (χ4n) is 2.89. The summed E-state index contributed by atoms with van der Waals surface area (Å²) >= 11 is 0. The molecule has 0 amide bonds. The number of carbonyl (C=O) groups excluding carboxylic acids is 1. The molecule has 0 N–H and O–H groups in total. The summed E-state index contributed by atoms with van der Waals surface area (Å²) in [4.78, 5) is 12.0. The lowest BCUT2D eigenvalue weighted by atomic mass is 9.97. The minimum Gasteiger partial charge on any atom is -0.432 e. The number of alkyl halides is 1. The molecule has 3 rings (SSSR count). The van der Waals surface area contributed by atoms with Crippen molar-refractivity contribution in [2.45, 2.75) is 64.6 Å². The van der Waals surface area contributed by atoms with E-state index in [2.05, 4.69) is 0 Å². The van der Waals surface area contributed by atoms with Crippen LogP contribution in [0.1, 0.15) is 45.5 Å². The lowest BCUT2D eigenvalue weighted by Crippen LogP contribution is -2.49. The summed E-state index contributed by atoms with van der Waals surface area (Å²) in [5, 5.41) is 0. The second kappa shape index (κ2) is 7.40. The van der Waals surface area contributed by atoms with Crippen LogP contribution >= 0.6 is 0 Å². The van der Waals surface area contributed by atoms with Crippen LogP contribution in [0.15, 0.2) is 30.3 Å². The molecule has 0 aliphatic carbocycles. The molecule has 2 aliphatic rings. The molecule has 0 bridgehead atoms. The van der Waals surface area contributed by atoms with Gasteiger partial charge in [-0.25, -0.2) is 4.39 Å². The number of esters is 1. The number of halogens is 1. The van der Waals surface area contributed by atoms with Crippen molar-refractivity contribution in [1.82, 2.24) is 0 Å². The van der Waals surface area contributed by atoms with Crippen molar-refractivity contribution in [2.75, 3.05) is 6.61 Å². The summed E-state index contributed by atoms with van der Waals surface area (Å²) < 4.78 is 37.2. The molecule has 2 fully saturated rings. The molecule has 6 heteroatoms. The van der Waals surface area contributed by atoms with Crippen LogP contribution < -0.4 is 0 Å². The maximum absolute atomic E-state index is 14.5. The summed E-state index contributed by atoms with van der Waals surface area (Å²) in [6.07, 6.45) is -3.29. The predicted octanol–water partition coefficient (Wildman–Crippen LogP) is 3.53. The van der Waals surface area contributed by atoms with Crippen LogP contribution in [-0.2, 0) is 23.7 Å². The summed E-state index contributed by atoms with van der Waals surface area (Å²) in [5.74, 6) is -0.480. The van der Waals surface area contributed by atoms with Crippen molar-refractivity contribution < 1.29 is 28.1 Å². The Bertz CT molecular complexity index is 585. The molecule has 2 saturated heterocycles. The molecule has 138 valence electrons. The van der Waals surface area contributed by atoms with Gasteiger partial charge in [-0.2, -0.15) is 0 Å². The van der Waals surface area contributed by atoms with Gasteiger partial charge in [0.2, 0.25) is 6.29 Å². The largest absolute Gasteiger partial charge is 0.432 e. The van der Waals surface area contributed by atoms with E-state index in [1.807, 2.05) is 30.3 Å². The number of benzene rings is 1. The molecular formula is C19H25FO5. The molecule has 0 radical (unpaired) electrons. The van der Waals surface area contributed by atoms with E-state index in [1.165, 1.54) is 0 Å². The SMILES string of the molecule is CC(C)(C)C(=O)OC1OC2CCOC(c3ccccc3)OC2CC1F. The maximum atomic E-state index is 14.5. The molecule has 1 aromatic rings. The van der Waals surface area contributed by atoms with Crippen LogP contribution in [0, 0.1) is 5.41 Å². The zero-order valence-corrected chi connectivity index (χ0v) is 14.8. The summed E-state index contributed by atoms with van der Waals surface area (Å²) in [7, 11) is 0. The van der Waals surface area contributed by atoms with Crippen LogP contribution in [0.4, 0.5) is 4.39 Å². The van der Waals surface area contributed by atoms with Crippen molar-refractivity contribution in [1.29, 1.82) is 0 Å². The molecule has 0 spiro atoms. The Labute approximate surface area is 147 Å². The van der Waals surface area contributed by atoms with E-state index in [0.29, 0.717) is 13.0 Å². The third-order valence-electron chi connectivity index (χ3n) is 4.35. The van der Waals surface area contributed by atoms with Crippen LogP contribution in [-0.4, -0.2) is 37.2 Å². The Balaban J connectivity index is 1.66. The van der Waals surface area contributed by atoms with Crippen LogP contribution in [0.5, 0.6) is 0 Å². The number of carbonyl (C=O) groups is 1. The van der Waals surface area contributed by atoms with E-state index in [1.54, 1.807) is 20.8 Å². The number of rotatable bonds is 2. The van der Waals surface area contributed by atoms with Crippen molar-refractivity contribution in [2.24, 2.45) is 5.41 Å². The first-order valence-corrected chi connectivity index (χ1v) is 8.67. The van der Waals surface area contributed by atoms with Gasteiger partial charge in [-0.05, 0) is 27.2 Å². The summed E-state index contributed by atoms with van der Waals surface area (Å²) in [5.41, 5.74) is 0.182. The van der Waals surface area contributed by atoms with Gasteiger partial charge in [0.25, 0.3) is 0 Å². The Morgan fingerprint density at radius 3 is 2.56 bits per heavy atom. The van der Waals surface area contributed by atoms with Gasteiger partial charge in [-0.3, -0.25) is 4.79 Å². The average molecular weight is 352 g/mol. The third kappa shape index (κ3) is 4.37. The first kappa shape index (κ1) is 18.3. The van der Waals surface area contributed by atoms with Crippen LogP contribution in [0.25, 0.3) is 0 Å². The molecule has 0 saturated carbocycles. The van der Waals surface area contributed by atoms with Gasteiger partial charge in [-0.15, -0.1) is 0 Å². The van der Waals surface area contributed by atoms with E-state index in [0.717, 1.165) is 5.56 Å². The number of fused-ring (bicyclic) bond motifs is 1. The highest BCUT2D eigenvalue weighted by Crippen LogP contribution is 2.35. The van der Waals surface area contributed by atoms with Crippen molar-refractivity contribution in [3.63, 3.8) is 0 Å². The van der Waals surface area contributed by atoms with Gasteiger partial charge in [0.05, 0.1) is 24.2 Å². The summed E-state index contributed by atoms with van der Waals surface area (Å²) in [6, 6.07) is 9.55. The molecular weight excluding hydrogens is 327 g/mol. The highest BCUT2D eigenvalue weighted by atomic mass is 19.1. The van der Waals surface area contributed by atoms with Gasteiger partial charge in [0.1, 0.15) is 0 Å². The van der Waals surface area contributed by atoms with Crippen molar-refractivity contribution in [3.8, 4) is 0 Å². The number of hydrogen-bond donors (Lipinski definition) is 0. The number of ether oxygens (including phenoxy) is 4. The average Bonchev–Trinajstić information content (AvgIpc) is 2.77. The topological polar surface area (TPSA) is 54.0 Å². The van der Waals surface area contributed by atoms with Crippen LogP contribution in [0.3, 0.4) is 0 Å². The zero-order chi connectivity index (χ0) is 18.0. The molecule has 5 nitrogen and oxygen atoms in total. The Kier molecular flexibility index (Phi) is 5.41. The zero-order valence-electron chi connectivity index (χ0n) is 14.8. The van der Waals surface area contributed by atoms with Crippen molar-refractivity contribution in [3.05, 3.63) is 35.9 Å². The Morgan fingerprint density at radius 2 is 1.88 bits per heavy atom. The molecule has 1 aromatic carbocycles. The Hall–Kier alpha value is -1.50. The van der Waals surface area contributed by atoms with E-state index < -0.39 is 36.2 Å². The minimum absolute atomic E-state index is 0.111. The Morgan fingerprint density at radius 1 is 1.16 bits per heavy atom.